The molecule has 2 aromatic rings. The molecule has 0 saturated heterocycles. The van der Waals surface area contributed by atoms with Crippen LogP contribution in [0, 0.1) is 0 Å². The van der Waals surface area contributed by atoms with Crippen LogP contribution in [0.25, 0.3) is 0 Å². The molecule has 5 heteroatoms. The third-order valence-corrected chi connectivity index (χ3v) is 3.96. The molecular weight excluding hydrogens is 316 g/mol. The van der Waals surface area contributed by atoms with Gasteiger partial charge in [-0.1, -0.05) is 30.3 Å². The Hall–Kier alpha value is -2.53. The van der Waals surface area contributed by atoms with Crippen molar-refractivity contribution in [3.05, 3.63) is 59.7 Å². The Balaban J connectivity index is 2.30. The summed E-state index contributed by atoms with van der Waals surface area (Å²) in [7, 11) is 7.15. The molecule has 0 N–H and O–H groups in total. The lowest BCUT2D eigenvalue weighted by molar-refractivity contribution is 0.0728. The summed E-state index contributed by atoms with van der Waals surface area (Å²) in [4.78, 5) is 17.1. The fraction of sp³-hybridized carbons (Fsp3) is 0.350. The minimum atomic E-state index is -0.0681. The van der Waals surface area contributed by atoms with Crippen LogP contribution in [0.2, 0.25) is 0 Å². The number of benzene rings is 2. The van der Waals surface area contributed by atoms with Gasteiger partial charge in [0.05, 0.1) is 19.8 Å². The molecule has 0 bridgehead atoms. The van der Waals surface area contributed by atoms with Crippen molar-refractivity contribution in [2.24, 2.45) is 0 Å². The first-order valence-corrected chi connectivity index (χ1v) is 8.25. The summed E-state index contributed by atoms with van der Waals surface area (Å²) < 4.78 is 10.6. The van der Waals surface area contributed by atoms with Crippen molar-refractivity contribution in [2.45, 2.75) is 6.54 Å². The van der Waals surface area contributed by atoms with Gasteiger partial charge in [-0.25, -0.2) is 0 Å². The molecule has 0 saturated carbocycles. The van der Waals surface area contributed by atoms with Crippen LogP contribution < -0.4 is 9.47 Å². The van der Waals surface area contributed by atoms with E-state index in [2.05, 4.69) is 4.90 Å². The van der Waals surface area contributed by atoms with Crippen molar-refractivity contribution >= 4 is 5.91 Å². The van der Waals surface area contributed by atoms with E-state index in [1.165, 1.54) is 0 Å². The van der Waals surface area contributed by atoms with Crippen molar-refractivity contribution < 1.29 is 14.3 Å². The summed E-state index contributed by atoms with van der Waals surface area (Å²) in [6.07, 6.45) is 0. The molecule has 2 aromatic carbocycles. The number of hydrogen-bond acceptors (Lipinski definition) is 4. The van der Waals surface area contributed by atoms with Crippen LogP contribution in [-0.2, 0) is 6.54 Å². The topological polar surface area (TPSA) is 42.0 Å². The molecule has 0 spiro atoms. The highest BCUT2D eigenvalue weighted by Crippen LogP contribution is 2.26. The molecular formula is C20H26N2O3. The second kappa shape index (κ2) is 9.08. The van der Waals surface area contributed by atoms with E-state index in [0.29, 0.717) is 30.2 Å². The largest absolute Gasteiger partial charge is 0.497 e. The maximum absolute atomic E-state index is 13.2. The second-order valence-electron chi connectivity index (χ2n) is 6.08. The minimum Gasteiger partial charge on any atom is -0.497 e. The molecule has 1 amide bonds. The third-order valence-electron chi connectivity index (χ3n) is 3.96. The van der Waals surface area contributed by atoms with Gasteiger partial charge in [0.25, 0.3) is 5.91 Å². The number of amides is 1. The Morgan fingerprint density at radius 1 is 0.960 bits per heavy atom. The van der Waals surface area contributed by atoms with Crippen LogP contribution in [0.5, 0.6) is 11.5 Å². The smallest absolute Gasteiger partial charge is 0.258 e. The number of ether oxygens (including phenoxy) is 2. The van der Waals surface area contributed by atoms with Gasteiger partial charge >= 0.3 is 0 Å². The lowest BCUT2D eigenvalue weighted by Crippen LogP contribution is -2.36. The first-order valence-electron chi connectivity index (χ1n) is 8.25. The van der Waals surface area contributed by atoms with Gasteiger partial charge in [-0.05, 0) is 37.9 Å². The molecule has 5 nitrogen and oxygen atoms in total. The Morgan fingerprint density at radius 2 is 1.68 bits per heavy atom. The highest BCUT2D eigenvalue weighted by Gasteiger charge is 2.21. The van der Waals surface area contributed by atoms with Gasteiger partial charge < -0.3 is 19.3 Å². The zero-order valence-corrected chi connectivity index (χ0v) is 15.4. The number of likely N-dealkylation sites (N-methyl/N-ethyl adjacent to an activating group) is 1. The third kappa shape index (κ3) is 5.22. The number of rotatable bonds is 8. The van der Waals surface area contributed by atoms with E-state index in [9.17, 15) is 4.79 Å². The number of hydrogen-bond donors (Lipinski definition) is 0. The Kier molecular flexibility index (Phi) is 6.83. The number of carbonyl (C=O) groups excluding carboxylic acids is 1. The Morgan fingerprint density at radius 3 is 2.28 bits per heavy atom. The molecule has 0 aliphatic rings. The summed E-state index contributed by atoms with van der Waals surface area (Å²) in [5.74, 6) is 1.12. The van der Waals surface area contributed by atoms with Gasteiger partial charge in [0, 0.05) is 19.6 Å². The quantitative estimate of drug-likeness (QED) is 0.740. The second-order valence-corrected chi connectivity index (χ2v) is 6.08. The van der Waals surface area contributed by atoms with E-state index < -0.39 is 0 Å². The van der Waals surface area contributed by atoms with Crippen LogP contribution in [0.1, 0.15) is 15.9 Å². The van der Waals surface area contributed by atoms with Gasteiger partial charge in [0.2, 0.25) is 0 Å². The highest BCUT2D eigenvalue weighted by atomic mass is 16.5. The van der Waals surface area contributed by atoms with Crippen molar-refractivity contribution in [3.8, 4) is 11.5 Å². The maximum atomic E-state index is 13.2. The van der Waals surface area contributed by atoms with Gasteiger partial charge in [0.15, 0.2) is 0 Å². The number of methoxy groups -OCH3 is 2. The van der Waals surface area contributed by atoms with Gasteiger partial charge in [0.1, 0.15) is 11.5 Å². The summed E-state index contributed by atoms with van der Waals surface area (Å²) >= 11 is 0. The predicted octanol–water partition coefficient (Wildman–Crippen LogP) is 2.91. The van der Waals surface area contributed by atoms with Crippen molar-refractivity contribution in [1.82, 2.24) is 9.80 Å². The highest BCUT2D eigenvalue weighted by molar-refractivity contribution is 5.97. The predicted molar refractivity (Wildman–Crippen MR) is 99.3 cm³/mol. The first-order chi connectivity index (χ1) is 12.0. The van der Waals surface area contributed by atoms with Gasteiger partial charge in [-0.2, -0.15) is 0 Å². The van der Waals surface area contributed by atoms with Crippen LogP contribution in [0.3, 0.4) is 0 Å². The molecule has 0 aromatic heterocycles. The molecule has 0 fully saturated rings. The molecule has 0 unspecified atom stereocenters. The minimum absolute atomic E-state index is 0.0681. The average molecular weight is 342 g/mol. The zero-order valence-electron chi connectivity index (χ0n) is 15.4. The normalized spacial score (nSPS) is 10.6. The number of nitrogens with zero attached hydrogens (tertiary/aromatic N) is 2. The Bertz CT molecular complexity index is 687. The fourth-order valence-corrected chi connectivity index (χ4v) is 2.53. The first kappa shape index (κ1) is 18.8. The molecule has 25 heavy (non-hydrogen) atoms. The van der Waals surface area contributed by atoms with Gasteiger partial charge in [-0.15, -0.1) is 0 Å². The van der Waals surface area contributed by atoms with E-state index in [1.807, 2.05) is 49.3 Å². The summed E-state index contributed by atoms with van der Waals surface area (Å²) in [5.41, 5.74) is 1.60. The van der Waals surface area contributed by atoms with E-state index in [4.69, 9.17) is 9.47 Å². The van der Waals surface area contributed by atoms with Gasteiger partial charge in [-0.3, -0.25) is 4.79 Å². The van der Waals surface area contributed by atoms with E-state index >= 15 is 0 Å². The molecule has 2 rings (SSSR count). The molecule has 0 radical (unpaired) electrons. The lowest BCUT2D eigenvalue weighted by Gasteiger charge is -2.25. The van der Waals surface area contributed by atoms with E-state index in [-0.39, 0.29) is 5.91 Å². The summed E-state index contributed by atoms with van der Waals surface area (Å²) in [6.45, 7) is 1.96. The lowest BCUT2D eigenvalue weighted by atomic mass is 10.1. The standard InChI is InChI=1S/C20H26N2O3/c1-21(2)12-13-22(15-16-8-6-5-7-9-16)20(23)18-14-17(24-3)10-11-19(18)25-4/h5-11,14H,12-13,15H2,1-4H3. The maximum Gasteiger partial charge on any atom is 0.258 e. The SMILES string of the molecule is COc1ccc(OC)c(C(=O)N(CCN(C)C)Cc2ccccc2)c1. The van der Waals surface area contributed by atoms with Crippen LogP contribution in [-0.4, -0.2) is 57.1 Å². The van der Waals surface area contributed by atoms with Crippen molar-refractivity contribution in [2.75, 3.05) is 41.4 Å². The van der Waals surface area contributed by atoms with E-state index in [0.717, 1.165) is 12.1 Å². The monoisotopic (exact) mass is 342 g/mol. The molecule has 0 aliphatic heterocycles. The van der Waals surface area contributed by atoms with E-state index in [1.54, 1.807) is 32.4 Å². The average Bonchev–Trinajstić information content (AvgIpc) is 2.64. The van der Waals surface area contributed by atoms with Crippen LogP contribution in [0.4, 0.5) is 0 Å². The van der Waals surface area contributed by atoms with Crippen LogP contribution in [0.15, 0.2) is 48.5 Å². The van der Waals surface area contributed by atoms with Crippen LogP contribution >= 0.6 is 0 Å². The summed E-state index contributed by atoms with van der Waals surface area (Å²) in [5, 5.41) is 0. The van der Waals surface area contributed by atoms with Crippen molar-refractivity contribution in [1.29, 1.82) is 0 Å². The molecule has 134 valence electrons. The number of carbonyl (C=O) groups is 1. The fourth-order valence-electron chi connectivity index (χ4n) is 2.53. The van der Waals surface area contributed by atoms with Crippen molar-refractivity contribution in [3.63, 3.8) is 0 Å². The molecule has 0 heterocycles. The summed E-state index contributed by atoms with van der Waals surface area (Å²) in [6, 6.07) is 15.3. The molecule has 0 atom stereocenters. The zero-order chi connectivity index (χ0) is 18.2. The Labute approximate surface area is 149 Å². The molecule has 0 aliphatic carbocycles.